The van der Waals surface area contributed by atoms with Gasteiger partial charge in [-0.25, -0.2) is 49.3 Å². The van der Waals surface area contributed by atoms with Crippen LogP contribution < -0.4 is 9.62 Å². The van der Waals surface area contributed by atoms with E-state index in [0.717, 1.165) is 47.6 Å². The van der Waals surface area contributed by atoms with Crippen LogP contribution in [0, 0.1) is 41.2 Å². The zero-order valence-corrected chi connectivity index (χ0v) is 48.3. The Balaban J connectivity index is 1.31. The van der Waals surface area contributed by atoms with Crippen molar-refractivity contribution in [3.8, 4) is 34.8 Å². The van der Waals surface area contributed by atoms with Gasteiger partial charge in [-0.1, -0.05) is 35.4 Å². The van der Waals surface area contributed by atoms with E-state index in [1.54, 1.807) is 0 Å². The van der Waals surface area contributed by atoms with Crippen LogP contribution in [0.2, 0.25) is 5.02 Å². The van der Waals surface area contributed by atoms with Crippen molar-refractivity contribution in [1.29, 1.82) is 0 Å². The number of sulfone groups is 1. The molecule has 1 fully saturated rings. The number of fused-ring (bicyclic) bond motifs is 4. The van der Waals surface area contributed by atoms with Crippen molar-refractivity contribution in [2.24, 2.45) is 5.92 Å². The van der Waals surface area contributed by atoms with Crippen molar-refractivity contribution in [2.45, 2.75) is 87.2 Å². The average molecular weight is 1320 g/mol. The first-order valence-electron chi connectivity index (χ1n) is 25.0. The van der Waals surface area contributed by atoms with Crippen molar-refractivity contribution in [2.75, 3.05) is 43.2 Å². The highest BCUT2D eigenvalue weighted by Crippen LogP contribution is 2.58. The number of likely N-dealkylation sites (tertiary alicyclic amines) is 1. The monoisotopic (exact) mass is 1320 g/mol. The molecule has 3 aliphatic rings. The second-order valence-corrected chi connectivity index (χ2v) is 26.6. The summed E-state index contributed by atoms with van der Waals surface area (Å²) in [4.78, 5) is 77.7. The Morgan fingerprint density at radius 2 is 1.62 bits per heavy atom. The number of carboxylic acid groups (broad SMARTS) is 1. The summed E-state index contributed by atoms with van der Waals surface area (Å²) in [5.41, 5.74) is -7.06. The van der Waals surface area contributed by atoms with E-state index < -0.39 is 211 Å². The van der Waals surface area contributed by atoms with Crippen molar-refractivity contribution >= 4 is 80.0 Å². The molecule has 0 saturated carbocycles. The fourth-order valence-corrected chi connectivity index (χ4v) is 11.3. The van der Waals surface area contributed by atoms with E-state index >= 15 is 8.78 Å². The molecule has 4 N–H and O–H groups in total. The van der Waals surface area contributed by atoms with Gasteiger partial charge >= 0.3 is 44.2 Å². The Hall–Kier alpha value is -7.53. The number of carbonyl (C=O) groups excluding carboxylic acids is 3. The number of alkyl halides is 8. The second kappa shape index (κ2) is 23.5. The van der Waals surface area contributed by atoms with E-state index in [4.69, 9.17) is 21.4 Å². The highest BCUT2D eigenvalue weighted by atomic mass is 35.5. The third-order valence-electron chi connectivity index (χ3n) is 13.8. The lowest BCUT2D eigenvalue weighted by molar-refractivity contribution is -0.143. The standard InChI is InChI=1S/C50H45ClF10N9O14PS2/c1-47(2,86(3,79)80)14-13-28-7-8-30(40(62-28)35(18-25-16-26(52)19-27(53)17-25)63-36(71)21-68-43-38(42(64-68)50(59,60)61)32-9-11-33(32)49(43,57)58)31-10-12-34(51)39-41(31)69(23-48(54,55)56)65-44(39)70(87(4,81)82)45(74)67-15-5-6-29(67)20-66(22-37(72)73)46(75)83-24-84-85(76,77)78/h7-8,10,12,16-17,19,29,32-33,35H,5-6,15,18,20-24H2,1-4H3,(H,63,71)(H,72,73)(H2,76,77,78)/t29-,32-,33+,35-/m0/s1. The van der Waals surface area contributed by atoms with Crippen LogP contribution in [0.15, 0.2) is 42.5 Å². The van der Waals surface area contributed by atoms with Crippen molar-refractivity contribution in [3.63, 3.8) is 0 Å². The molecule has 468 valence electrons. The van der Waals surface area contributed by atoms with Gasteiger partial charge in [0.05, 0.1) is 45.9 Å². The Bertz CT molecular complexity index is 4060. The number of pyridine rings is 1. The number of urea groups is 1. The molecule has 4 amide bonds. The SMILES string of the molecule is CC(C)(C#Cc1ccc(-c2ccc(Cl)c3c(N(C(=O)N4CCC[C@H]4CN(CC(=O)O)C(=O)OCOP(=O)(O)O)S(C)(=O)=O)nn(CC(F)(F)F)c23)c([C@H](Cc2cc(F)cc(F)c2)NC(=O)Cn2nc(C(F)(F)F)c3c2C(F)(F)[C@@H]2C#C[C@H]32)n1)S(C)(=O)=O. The van der Waals surface area contributed by atoms with Gasteiger partial charge in [-0.2, -0.15) is 49.6 Å². The molecule has 8 rings (SSSR count). The smallest absolute Gasteiger partial charge is 0.472 e. The number of carboxylic acids is 1. The molecule has 1 saturated heterocycles. The van der Waals surface area contributed by atoms with Crippen molar-refractivity contribution in [3.05, 3.63) is 93.0 Å². The zero-order valence-electron chi connectivity index (χ0n) is 45.0. The summed E-state index contributed by atoms with van der Waals surface area (Å²) in [6.45, 7) is -4.87. The first kappa shape index (κ1) is 65.4. The lowest BCUT2D eigenvalue weighted by Gasteiger charge is -2.32. The number of nitrogens with one attached hydrogen (secondary N) is 1. The number of aliphatic carboxylic acids is 1. The molecule has 23 nitrogen and oxygen atoms in total. The summed E-state index contributed by atoms with van der Waals surface area (Å²) in [5.74, 6) is -4.89. The van der Waals surface area contributed by atoms with Crippen molar-refractivity contribution in [1.82, 2.24) is 39.7 Å². The molecular formula is C50H45ClF10N9O14PS2. The fraction of sp³-hybridized carbons (Fsp3) is 0.420. The minimum Gasteiger partial charge on any atom is -0.480 e. The largest absolute Gasteiger partial charge is 0.480 e. The summed E-state index contributed by atoms with van der Waals surface area (Å²) in [6, 6.07) is 1.27. The average Bonchev–Trinajstić information content (AvgIpc) is 1.55. The molecule has 0 radical (unpaired) electrons. The summed E-state index contributed by atoms with van der Waals surface area (Å²) in [5, 5.41) is 17.9. The van der Waals surface area contributed by atoms with Crippen LogP contribution in [0.1, 0.15) is 72.6 Å². The number of phosphoric acid groups is 1. The lowest BCUT2D eigenvalue weighted by atomic mass is 9.84. The normalized spacial score (nSPS) is 17.7. The number of ether oxygens (including phenoxy) is 1. The zero-order chi connectivity index (χ0) is 64.5. The van der Waals surface area contributed by atoms with Gasteiger partial charge in [-0.05, 0) is 74.9 Å². The fourth-order valence-electron chi connectivity index (χ4n) is 9.83. The molecule has 1 aliphatic heterocycles. The predicted octanol–water partition coefficient (Wildman–Crippen LogP) is 6.85. The predicted molar refractivity (Wildman–Crippen MR) is 282 cm³/mol. The maximum absolute atomic E-state index is 15.9. The van der Waals surface area contributed by atoms with E-state index in [9.17, 15) is 80.8 Å². The van der Waals surface area contributed by atoms with E-state index in [-0.39, 0.29) is 38.6 Å². The molecule has 0 unspecified atom stereocenters. The molecule has 3 aromatic heterocycles. The maximum Gasteiger partial charge on any atom is 0.472 e. The molecule has 5 aromatic rings. The number of halogens is 11. The molecule has 37 heteroatoms. The highest BCUT2D eigenvalue weighted by molar-refractivity contribution is 7.93. The number of amides is 4. The molecular weight excluding hydrogens is 1270 g/mol. The Kier molecular flexibility index (Phi) is 17.7. The minimum absolute atomic E-state index is 0.0163. The molecule has 0 bridgehead atoms. The minimum atomic E-state index is -5.35. The molecule has 2 aromatic carbocycles. The van der Waals surface area contributed by atoms with E-state index in [1.807, 2.05) is 0 Å². The number of anilines is 1. The number of carbonyl (C=O) groups is 4. The first-order chi connectivity index (χ1) is 40.1. The molecule has 87 heavy (non-hydrogen) atoms. The summed E-state index contributed by atoms with van der Waals surface area (Å²) >= 11 is 6.75. The van der Waals surface area contributed by atoms with Gasteiger partial charge in [0.1, 0.15) is 53.3 Å². The van der Waals surface area contributed by atoms with E-state index in [2.05, 4.69) is 53.4 Å². The van der Waals surface area contributed by atoms with Crippen LogP contribution in [-0.4, -0.2) is 146 Å². The van der Waals surface area contributed by atoms with Crippen LogP contribution in [-0.2, 0) is 74.9 Å². The van der Waals surface area contributed by atoms with E-state index in [1.165, 1.54) is 13.8 Å². The number of nitrogens with zero attached hydrogens (tertiary/aromatic N) is 8. The van der Waals surface area contributed by atoms with Crippen LogP contribution >= 0.6 is 19.4 Å². The summed E-state index contributed by atoms with van der Waals surface area (Å²) < 4.78 is 221. The molecule has 4 atom stereocenters. The first-order valence-corrected chi connectivity index (χ1v) is 30.7. The van der Waals surface area contributed by atoms with E-state index in [0.29, 0.717) is 17.2 Å². The second-order valence-electron chi connectivity index (χ2n) is 20.5. The number of hydrogen-bond donors (Lipinski definition) is 4. The van der Waals surface area contributed by atoms with Crippen LogP contribution in [0.3, 0.4) is 0 Å². The van der Waals surface area contributed by atoms with Gasteiger partial charge in [0.15, 0.2) is 21.3 Å². The van der Waals surface area contributed by atoms with Gasteiger partial charge in [-0.15, -0.1) is 0 Å². The number of sulfonamides is 1. The van der Waals surface area contributed by atoms with Gasteiger partial charge in [0, 0.05) is 42.1 Å². The summed E-state index contributed by atoms with van der Waals surface area (Å²) in [7, 11) is -14.3. The number of rotatable bonds is 18. The van der Waals surface area contributed by atoms with Crippen LogP contribution in [0.25, 0.3) is 22.0 Å². The Labute approximate surface area is 490 Å². The van der Waals surface area contributed by atoms with Crippen LogP contribution in [0.4, 0.5) is 59.3 Å². The topological polar surface area (TPSA) is 303 Å². The summed E-state index contributed by atoms with van der Waals surface area (Å²) in [6.07, 6.45) is -11.8. The molecule has 4 heterocycles. The maximum atomic E-state index is 15.9. The van der Waals surface area contributed by atoms with Crippen molar-refractivity contribution < 1.29 is 109 Å². The number of aromatic nitrogens is 5. The van der Waals surface area contributed by atoms with Gasteiger partial charge in [-0.3, -0.25) is 23.9 Å². The van der Waals surface area contributed by atoms with Gasteiger partial charge in [0.25, 0.3) is 0 Å². The van der Waals surface area contributed by atoms with Gasteiger partial charge < -0.3 is 29.8 Å². The quantitative estimate of drug-likeness (QED) is 0.0302. The molecule has 2 aliphatic carbocycles. The third-order valence-corrected chi connectivity index (χ3v) is 17.6. The van der Waals surface area contributed by atoms with Gasteiger partial charge in [0.2, 0.25) is 22.7 Å². The lowest BCUT2D eigenvalue weighted by Crippen LogP contribution is -2.52. The Morgan fingerprint density at radius 3 is 2.20 bits per heavy atom. The Morgan fingerprint density at radius 1 is 0.966 bits per heavy atom. The highest BCUT2D eigenvalue weighted by Gasteiger charge is 2.62. The number of phosphoric ester groups is 1. The number of hydrogen-bond acceptors (Lipinski definition) is 14. The number of benzene rings is 2. The third kappa shape index (κ3) is 14.1. The van der Waals surface area contributed by atoms with Crippen LogP contribution in [0.5, 0.6) is 0 Å². The molecule has 0 spiro atoms.